The van der Waals surface area contributed by atoms with E-state index >= 15 is 0 Å². The van der Waals surface area contributed by atoms with E-state index in [1.807, 2.05) is 0 Å². The third-order valence-electron chi connectivity index (χ3n) is 3.74. The maximum atomic E-state index is 3.73. The quantitative estimate of drug-likeness (QED) is 0.806. The number of hydrogen-bond acceptors (Lipinski definition) is 2. The Kier molecular flexibility index (Phi) is 3.17. The molecular formula is C13H21NS. The summed E-state index contributed by atoms with van der Waals surface area (Å²) in [4.78, 5) is 0. The van der Waals surface area contributed by atoms with Crippen molar-refractivity contribution in [3.63, 3.8) is 0 Å². The van der Waals surface area contributed by atoms with Gasteiger partial charge in [-0.1, -0.05) is 6.92 Å². The minimum absolute atomic E-state index is 0.586. The zero-order valence-corrected chi connectivity index (χ0v) is 10.7. The van der Waals surface area contributed by atoms with Gasteiger partial charge in [-0.05, 0) is 60.9 Å². The van der Waals surface area contributed by atoms with Crippen molar-refractivity contribution < 1.29 is 0 Å². The van der Waals surface area contributed by atoms with Crippen LogP contribution in [0.1, 0.15) is 39.2 Å². The number of rotatable bonds is 5. The fourth-order valence-corrected chi connectivity index (χ4v) is 2.76. The topological polar surface area (TPSA) is 12.0 Å². The molecule has 0 amide bonds. The Labute approximate surface area is 96.9 Å². The summed E-state index contributed by atoms with van der Waals surface area (Å²) in [5, 5.41) is 8.14. The van der Waals surface area contributed by atoms with Gasteiger partial charge < -0.3 is 5.32 Å². The molecule has 1 aromatic heterocycles. The van der Waals surface area contributed by atoms with E-state index in [-0.39, 0.29) is 0 Å². The van der Waals surface area contributed by atoms with E-state index in [0.717, 1.165) is 6.42 Å². The molecule has 2 atom stereocenters. The summed E-state index contributed by atoms with van der Waals surface area (Å²) in [6, 6.07) is 3.48. The van der Waals surface area contributed by atoms with Gasteiger partial charge in [0.15, 0.2) is 0 Å². The molecule has 0 saturated heterocycles. The third kappa shape index (κ3) is 2.82. The molecule has 1 aliphatic rings. The Bertz CT molecular complexity index is 300. The second kappa shape index (κ2) is 4.26. The van der Waals surface area contributed by atoms with Gasteiger partial charge in [0.1, 0.15) is 0 Å². The molecule has 0 bridgehead atoms. The van der Waals surface area contributed by atoms with E-state index in [2.05, 4.69) is 42.9 Å². The maximum absolute atomic E-state index is 3.73. The second-order valence-corrected chi connectivity index (χ2v) is 6.06. The van der Waals surface area contributed by atoms with Crippen molar-refractivity contribution >= 4 is 11.3 Å². The molecule has 0 aromatic carbocycles. The van der Waals surface area contributed by atoms with Crippen LogP contribution < -0.4 is 5.32 Å². The van der Waals surface area contributed by atoms with Gasteiger partial charge in [0, 0.05) is 12.1 Å². The average molecular weight is 223 g/mol. The van der Waals surface area contributed by atoms with Crippen LogP contribution in [0.3, 0.4) is 0 Å². The lowest BCUT2D eigenvalue weighted by Gasteiger charge is -2.24. The molecule has 2 unspecified atom stereocenters. The molecule has 1 aromatic rings. The molecular weight excluding hydrogens is 202 g/mol. The largest absolute Gasteiger partial charge is 0.311 e. The first kappa shape index (κ1) is 11.2. The molecule has 1 heterocycles. The van der Waals surface area contributed by atoms with Crippen molar-refractivity contribution in [1.29, 1.82) is 0 Å². The molecule has 0 aliphatic heterocycles. The molecule has 0 radical (unpaired) electrons. The van der Waals surface area contributed by atoms with E-state index < -0.39 is 0 Å². The lowest BCUT2D eigenvalue weighted by atomic mass is 9.99. The molecule has 2 rings (SSSR count). The van der Waals surface area contributed by atoms with Crippen LogP contribution in [-0.4, -0.2) is 12.1 Å². The maximum Gasteiger partial charge on any atom is 0.00951 e. The smallest absolute Gasteiger partial charge is 0.00951 e. The third-order valence-corrected chi connectivity index (χ3v) is 4.47. The van der Waals surface area contributed by atoms with Crippen LogP contribution in [0.15, 0.2) is 16.8 Å². The van der Waals surface area contributed by atoms with Crippen molar-refractivity contribution in [3.05, 3.63) is 22.4 Å². The van der Waals surface area contributed by atoms with Crippen LogP contribution in [0.5, 0.6) is 0 Å². The Morgan fingerprint density at radius 1 is 1.47 bits per heavy atom. The summed E-state index contributed by atoms with van der Waals surface area (Å²) in [6.45, 7) is 7.01. The second-order valence-electron chi connectivity index (χ2n) is 5.28. The number of hydrogen-bond donors (Lipinski definition) is 1. The SMILES string of the molecule is CC(Cc1ccsc1)NC(C)C1(C)CC1. The summed E-state index contributed by atoms with van der Waals surface area (Å²) in [7, 11) is 0. The standard InChI is InChI=1S/C13H21NS/c1-10(8-12-4-7-15-9-12)14-11(2)13(3)5-6-13/h4,7,9-11,14H,5-6,8H2,1-3H3. The first-order chi connectivity index (χ1) is 7.10. The highest BCUT2D eigenvalue weighted by atomic mass is 32.1. The predicted octanol–water partition coefficient (Wildman–Crippen LogP) is 3.46. The van der Waals surface area contributed by atoms with Crippen LogP contribution >= 0.6 is 11.3 Å². The lowest BCUT2D eigenvalue weighted by molar-refractivity contribution is 0.346. The zero-order valence-electron chi connectivity index (χ0n) is 9.92. The van der Waals surface area contributed by atoms with Crippen molar-refractivity contribution in [2.45, 2.75) is 52.1 Å². The van der Waals surface area contributed by atoms with E-state index in [0.29, 0.717) is 17.5 Å². The molecule has 2 heteroatoms. The van der Waals surface area contributed by atoms with Crippen LogP contribution in [0.2, 0.25) is 0 Å². The first-order valence-electron chi connectivity index (χ1n) is 5.87. The van der Waals surface area contributed by atoms with Gasteiger partial charge in [-0.25, -0.2) is 0 Å². The van der Waals surface area contributed by atoms with Gasteiger partial charge in [-0.2, -0.15) is 11.3 Å². The lowest BCUT2D eigenvalue weighted by Crippen LogP contribution is -2.40. The van der Waals surface area contributed by atoms with Crippen molar-refractivity contribution in [1.82, 2.24) is 5.32 Å². The van der Waals surface area contributed by atoms with Gasteiger partial charge >= 0.3 is 0 Å². The van der Waals surface area contributed by atoms with Crippen molar-refractivity contribution in [2.24, 2.45) is 5.41 Å². The number of nitrogens with one attached hydrogen (secondary N) is 1. The molecule has 1 nitrogen and oxygen atoms in total. The van der Waals surface area contributed by atoms with Crippen LogP contribution in [0, 0.1) is 5.41 Å². The van der Waals surface area contributed by atoms with Gasteiger partial charge in [-0.15, -0.1) is 0 Å². The van der Waals surface area contributed by atoms with Crippen LogP contribution in [0.25, 0.3) is 0 Å². The van der Waals surface area contributed by atoms with Crippen molar-refractivity contribution in [2.75, 3.05) is 0 Å². The molecule has 1 aliphatic carbocycles. The monoisotopic (exact) mass is 223 g/mol. The van der Waals surface area contributed by atoms with E-state index in [4.69, 9.17) is 0 Å². The van der Waals surface area contributed by atoms with E-state index in [1.54, 1.807) is 11.3 Å². The summed E-state index contributed by atoms with van der Waals surface area (Å²) in [5.41, 5.74) is 2.05. The molecule has 84 valence electrons. The van der Waals surface area contributed by atoms with Gasteiger partial charge in [0.2, 0.25) is 0 Å². The fraction of sp³-hybridized carbons (Fsp3) is 0.692. The average Bonchev–Trinajstić information content (AvgIpc) is 2.74. The summed E-state index contributed by atoms with van der Waals surface area (Å²) < 4.78 is 0. The summed E-state index contributed by atoms with van der Waals surface area (Å²) in [6.07, 6.45) is 3.95. The molecule has 0 spiro atoms. The van der Waals surface area contributed by atoms with E-state index in [1.165, 1.54) is 18.4 Å². The minimum atomic E-state index is 0.586. The molecule has 1 N–H and O–H groups in total. The van der Waals surface area contributed by atoms with Gasteiger partial charge in [0.05, 0.1) is 0 Å². The molecule has 15 heavy (non-hydrogen) atoms. The van der Waals surface area contributed by atoms with Gasteiger partial charge in [0.25, 0.3) is 0 Å². The first-order valence-corrected chi connectivity index (χ1v) is 6.81. The normalized spacial score (nSPS) is 22.3. The zero-order chi connectivity index (χ0) is 10.9. The fourth-order valence-electron chi connectivity index (χ4n) is 2.08. The highest BCUT2D eigenvalue weighted by Crippen LogP contribution is 2.48. The predicted molar refractivity (Wildman–Crippen MR) is 67.4 cm³/mol. The molecule has 1 fully saturated rings. The van der Waals surface area contributed by atoms with Crippen molar-refractivity contribution in [3.8, 4) is 0 Å². The Morgan fingerprint density at radius 2 is 2.20 bits per heavy atom. The Balaban J connectivity index is 1.79. The Morgan fingerprint density at radius 3 is 2.73 bits per heavy atom. The minimum Gasteiger partial charge on any atom is -0.311 e. The molecule has 1 saturated carbocycles. The highest BCUT2D eigenvalue weighted by Gasteiger charge is 2.42. The van der Waals surface area contributed by atoms with Crippen LogP contribution in [-0.2, 0) is 6.42 Å². The number of thiophene rings is 1. The highest BCUT2D eigenvalue weighted by molar-refractivity contribution is 7.07. The van der Waals surface area contributed by atoms with E-state index in [9.17, 15) is 0 Å². The summed E-state index contributed by atoms with van der Waals surface area (Å²) in [5.74, 6) is 0. The Hall–Kier alpha value is -0.340. The summed E-state index contributed by atoms with van der Waals surface area (Å²) >= 11 is 1.79. The van der Waals surface area contributed by atoms with Crippen LogP contribution in [0.4, 0.5) is 0 Å². The van der Waals surface area contributed by atoms with Gasteiger partial charge in [-0.3, -0.25) is 0 Å².